The smallest absolute Gasteiger partial charge is 0.282 e. The normalized spacial score (nSPS) is 11.5. The van der Waals surface area contributed by atoms with E-state index < -0.39 is 4.92 Å². The van der Waals surface area contributed by atoms with E-state index in [4.69, 9.17) is 4.74 Å². The van der Waals surface area contributed by atoms with Gasteiger partial charge in [0.1, 0.15) is 18.2 Å². The molecule has 35 heavy (non-hydrogen) atoms. The highest BCUT2D eigenvalue weighted by Crippen LogP contribution is 2.25. The van der Waals surface area contributed by atoms with Crippen LogP contribution in [0.25, 0.3) is 10.9 Å². The largest absolute Gasteiger partial charge is 0.488 e. The standard InChI is InChI=1S/C26H23BrN4O4/c1-16(2)25-29-23-10-8-20(27)13-22(23)26(32)30(25)28-14-19-12-21(31(33)34)9-11-24(19)35-15-18-6-4-17(3)5-7-18/h4-14,16H,15H2,1-3H3. The van der Waals surface area contributed by atoms with Crippen LogP contribution in [0.3, 0.4) is 0 Å². The number of benzene rings is 3. The van der Waals surface area contributed by atoms with Gasteiger partial charge >= 0.3 is 0 Å². The Bertz CT molecular complexity index is 1490. The molecule has 0 saturated carbocycles. The average Bonchev–Trinajstić information content (AvgIpc) is 2.83. The maximum atomic E-state index is 13.3. The second-order valence-electron chi connectivity index (χ2n) is 8.40. The number of halogens is 1. The van der Waals surface area contributed by atoms with E-state index in [-0.39, 0.29) is 23.8 Å². The predicted octanol–water partition coefficient (Wildman–Crippen LogP) is 5.96. The molecule has 0 amide bonds. The molecule has 0 N–H and O–H groups in total. The highest BCUT2D eigenvalue weighted by molar-refractivity contribution is 9.10. The van der Waals surface area contributed by atoms with Crippen LogP contribution in [0.15, 0.2) is 75.0 Å². The van der Waals surface area contributed by atoms with Gasteiger partial charge in [0.15, 0.2) is 0 Å². The van der Waals surface area contributed by atoms with Gasteiger partial charge in [0.25, 0.3) is 11.2 Å². The number of aryl methyl sites for hydroxylation is 1. The molecule has 3 aromatic carbocycles. The fraction of sp³-hybridized carbons (Fsp3) is 0.192. The molecular formula is C26H23BrN4O4. The van der Waals surface area contributed by atoms with Gasteiger partial charge in [0.05, 0.1) is 22.0 Å². The van der Waals surface area contributed by atoms with Crippen LogP contribution in [0.5, 0.6) is 5.75 Å². The van der Waals surface area contributed by atoms with Crippen molar-refractivity contribution in [3.05, 3.63) is 108 Å². The van der Waals surface area contributed by atoms with Gasteiger partial charge in [-0.25, -0.2) is 4.98 Å². The average molecular weight is 535 g/mol. The Kier molecular flexibility index (Phi) is 7.07. The lowest BCUT2D eigenvalue weighted by atomic mass is 10.1. The first-order chi connectivity index (χ1) is 16.7. The summed E-state index contributed by atoms with van der Waals surface area (Å²) in [6.07, 6.45) is 1.40. The first-order valence-corrected chi connectivity index (χ1v) is 11.8. The second kappa shape index (κ2) is 10.2. The summed E-state index contributed by atoms with van der Waals surface area (Å²) in [7, 11) is 0. The van der Waals surface area contributed by atoms with Crippen LogP contribution in [0.4, 0.5) is 5.69 Å². The second-order valence-corrected chi connectivity index (χ2v) is 9.32. The van der Waals surface area contributed by atoms with Gasteiger partial charge in [0.2, 0.25) is 0 Å². The number of fused-ring (bicyclic) bond motifs is 1. The molecule has 4 rings (SSSR count). The third kappa shape index (κ3) is 5.46. The summed E-state index contributed by atoms with van der Waals surface area (Å²) in [5, 5.41) is 16.2. The summed E-state index contributed by atoms with van der Waals surface area (Å²) >= 11 is 3.39. The Hall–Kier alpha value is -3.85. The maximum absolute atomic E-state index is 13.3. The molecule has 8 nitrogen and oxygen atoms in total. The molecule has 0 radical (unpaired) electrons. The molecule has 178 valence electrons. The number of hydrogen-bond acceptors (Lipinski definition) is 6. The van der Waals surface area contributed by atoms with Gasteiger partial charge in [-0.2, -0.15) is 9.78 Å². The number of hydrogen-bond donors (Lipinski definition) is 0. The van der Waals surface area contributed by atoms with Gasteiger partial charge < -0.3 is 4.74 Å². The highest BCUT2D eigenvalue weighted by atomic mass is 79.9. The molecule has 4 aromatic rings. The lowest BCUT2D eigenvalue weighted by Crippen LogP contribution is -2.23. The fourth-order valence-corrected chi connectivity index (χ4v) is 3.86. The van der Waals surface area contributed by atoms with Crippen LogP contribution < -0.4 is 10.3 Å². The Morgan fingerprint density at radius 2 is 1.89 bits per heavy atom. The Morgan fingerprint density at radius 1 is 1.14 bits per heavy atom. The molecule has 0 saturated heterocycles. The zero-order chi connectivity index (χ0) is 25.1. The van der Waals surface area contributed by atoms with Gasteiger partial charge in [-0.15, -0.1) is 0 Å². The summed E-state index contributed by atoms with van der Waals surface area (Å²) in [6.45, 7) is 6.12. The van der Waals surface area contributed by atoms with E-state index in [0.29, 0.717) is 28.0 Å². The van der Waals surface area contributed by atoms with Gasteiger partial charge in [0, 0.05) is 28.1 Å². The molecule has 0 aliphatic carbocycles. The summed E-state index contributed by atoms with van der Waals surface area (Å²) in [4.78, 5) is 28.8. The minimum atomic E-state index is -0.484. The van der Waals surface area contributed by atoms with Crippen LogP contribution in [-0.2, 0) is 6.61 Å². The molecule has 9 heteroatoms. The van der Waals surface area contributed by atoms with Crippen molar-refractivity contribution in [2.45, 2.75) is 33.3 Å². The zero-order valence-electron chi connectivity index (χ0n) is 19.4. The summed E-state index contributed by atoms with van der Waals surface area (Å²) in [6, 6.07) is 17.5. The molecule has 0 bridgehead atoms. The van der Waals surface area contributed by atoms with Crippen molar-refractivity contribution in [2.24, 2.45) is 5.10 Å². The van der Waals surface area contributed by atoms with Gasteiger partial charge in [-0.1, -0.05) is 59.6 Å². The molecular weight excluding hydrogens is 512 g/mol. The quantitative estimate of drug-likeness (QED) is 0.165. The number of nitrogens with zero attached hydrogens (tertiary/aromatic N) is 4. The predicted molar refractivity (Wildman–Crippen MR) is 139 cm³/mol. The van der Waals surface area contributed by atoms with E-state index in [0.717, 1.165) is 15.6 Å². The number of nitro benzene ring substituents is 1. The molecule has 0 aliphatic heterocycles. The third-order valence-corrected chi connectivity index (χ3v) is 5.87. The highest BCUT2D eigenvalue weighted by Gasteiger charge is 2.15. The zero-order valence-corrected chi connectivity index (χ0v) is 21.0. The molecule has 1 heterocycles. The van der Waals surface area contributed by atoms with Gasteiger partial charge in [-0.3, -0.25) is 14.9 Å². The van der Waals surface area contributed by atoms with Crippen molar-refractivity contribution in [3.8, 4) is 5.75 Å². The molecule has 1 aromatic heterocycles. The van der Waals surface area contributed by atoms with E-state index in [9.17, 15) is 14.9 Å². The Balaban J connectivity index is 1.76. The van der Waals surface area contributed by atoms with Crippen LogP contribution in [0, 0.1) is 17.0 Å². The van der Waals surface area contributed by atoms with E-state index in [2.05, 4.69) is 26.0 Å². The van der Waals surface area contributed by atoms with Crippen LogP contribution in [0.2, 0.25) is 0 Å². The van der Waals surface area contributed by atoms with Crippen molar-refractivity contribution in [3.63, 3.8) is 0 Å². The lowest BCUT2D eigenvalue weighted by molar-refractivity contribution is -0.384. The first-order valence-electron chi connectivity index (χ1n) is 11.0. The summed E-state index contributed by atoms with van der Waals surface area (Å²) in [5.74, 6) is 0.805. The van der Waals surface area contributed by atoms with Crippen molar-refractivity contribution in [1.82, 2.24) is 9.66 Å². The van der Waals surface area contributed by atoms with Crippen molar-refractivity contribution < 1.29 is 9.66 Å². The van der Waals surface area contributed by atoms with E-state index in [1.807, 2.05) is 51.1 Å². The first kappa shape index (κ1) is 24.3. The SMILES string of the molecule is Cc1ccc(COc2ccc([N+](=O)[O-])cc2C=Nn2c(C(C)C)nc3ccc(Br)cc3c2=O)cc1. The molecule has 0 unspecified atom stereocenters. The summed E-state index contributed by atoms with van der Waals surface area (Å²) < 4.78 is 7.95. The van der Waals surface area contributed by atoms with Gasteiger partial charge in [-0.05, 0) is 36.8 Å². The molecule has 0 fully saturated rings. The van der Waals surface area contributed by atoms with E-state index in [1.165, 1.54) is 29.1 Å². The van der Waals surface area contributed by atoms with Crippen LogP contribution in [0.1, 0.15) is 42.3 Å². The Morgan fingerprint density at radius 3 is 2.57 bits per heavy atom. The third-order valence-electron chi connectivity index (χ3n) is 5.38. The minimum absolute atomic E-state index is 0.0877. The van der Waals surface area contributed by atoms with Crippen molar-refractivity contribution in [2.75, 3.05) is 0 Å². The van der Waals surface area contributed by atoms with Crippen molar-refractivity contribution >= 4 is 38.7 Å². The summed E-state index contributed by atoms with van der Waals surface area (Å²) in [5.41, 5.74) is 2.61. The number of aromatic nitrogens is 2. The fourth-order valence-electron chi connectivity index (χ4n) is 3.50. The number of non-ortho nitro benzene ring substituents is 1. The molecule has 0 spiro atoms. The van der Waals surface area contributed by atoms with E-state index in [1.54, 1.807) is 12.1 Å². The topological polar surface area (TPSA) is 99.6 Å². The van der Waals surface area contributed by atoms with Crippen LogP contribution in [-0.4, -0.2) is 20.8 Å². The minimum Gasteiger partial charge on any atom is -0.488 e. The number of rotatable bonds is 7. The van der Waals surface area contributed by atoms with Crippen LogP contribution >= 0.6 is 15.9 Å². The monoisotopic (exact) mass is 534 g/mol. The molecule has 0 atom stereocenters. The van der Waals surface area contributed by atoms with E-state index >= 15 is 0 Å². The maximum Gasteiger partial charge on any atom is 0.282 e. The number of nitro groups is 1. The lowest BCUT2D eigenvalue weighted by Gasteiger charge is -2.13. The molecule has 0 aliphatic rings. The van der Waals surface area contributed by atoms with Crippen molar-refractivity contribution in [1.29, 1.82) is 0 Å². The number of ether oxygens (including phenoxy) is 1. The Labute approximate surface area is 210 Å².